The Morgan fingerprint density at radius 1 is 0.500 bits per heavy atom. The minimum absolute atomic E-state index is 0.0304. The lowest BCUT2D eigenvalue weighted by Gasteiger charge is -2.33. The van der Waals surface area contributed by atoms with Gasteiger partial charge in [-0.1, -0.05) is 169 Å². The van der Waals surface area contributed by atoms with Crippen molar-refractivity contribution in [2.45, 2.75) is 170 Å². The van der Waals surface area contributed by atoms with Gasteiger partial charge in [-0.15, -0.1) is 0 Å². The number of carbonyl (C=O) groups excluding carboxylic acids is 10. The van der Waals surface area contributed by atoms with Gasteiger partial charge in [0.1, 0.15) is 60.4 Å². The van der Waals surface area contributed by atoms with Crippen molar-refractivity contribution in [3.05, 3.63) is 179 Å². The van der Waals surface area contributed by atoms with Gasteiger partial charge in [-0.2, -0.15) is 0 Å². The number of aliphatic hydroxyl groups is 3. The normalized spacial score (nSPS) is 23.8. The van der Waals surface area contributed by atoms with E-state index in [2.05, 4.69) is 58.2 Å². The first kappa shape index (κ1) is 83.5. The van der Waals surface area contributed by atoms with Crippen molar-refractivity contribution in [3.8, 4) is 0 Å². The van der Waals surface area contributed by atoms with Crippen molar-refractivity contribution in [1.29, 1.82) is 0 Å². The van der Waals surface area contributed by atoms with Gasteiger partial charge in [0, 0.05) is 80.3 Å². The number of aliphatic hydroxyl groups excluding tert-OH is 3. The predicted molar refractivity (Wildman–Crippen MR) is 402 cm³/mol. The second kappa shape index (κ2) is 41.8. The Balaban J connectivity index is 1.33. The second-order valence-electron chi connectivity index (χ2n) is 26.5. The lowest BCUT2D eigenvalue weighted by atomic mass is 9.98. The maximum Gasteiger partial charge on any atom is 0.327 e. The molecule has 7 rings (SSSR count). The molecule has 570 valence electrons. The largest absolute Gasteiger partial charge is 0.480 e. The van der Waals surface area contributed by atoms with Gasteiger partial charge in [0.25, 0.3) is 0 Å². The summed E-state index contributed by atoms with van der Waals surface area (Å²) in [5, 5.41) is 70.6. The first-order valence-corrected chi connectivity index (χ1v) is 37.6. The highest BCUT2D eigenvalue weighted by atomic mass is 33.1. The lowest BCUT2D eigenvalue weighted by molar-refractivity contribution is -0.143. The number of unbranched alkanes of at least 4 members (excludes halogenated alkanes) is 1. The predicted octanol–water partition coefficient (Wildman–Crippen LogP) is 0.0592. The van der Waals surface area contributed by atoms with Crippen LogP contribution in [-0.2, 0) is 91.4 Å². The van der Waals surface area contributed by atoms with Crippen LogP contribution in [0, 0.1) is 0 Å². The number of aromatic nitrogens is 1. The second-order valence-corrected chi connectivity index (χ2v) is 29.1. The van der Waals surface area contributed by atoms with Crippen LogP contribution in [0.15, 0.2) is 146 Å². The molecule has 0 aliphatic carbocycles. The minimum atomic E-state index is -1.91. The van der Waals surface area contributed by atoms with Gasteiger partial charge >= 0.3 is 5.97 Å². The summed E-state index contributed by atoms with van der Waals surface area (Å²) in [6, 6.07) is 22.6. The maximum absolute atomic E-state index is 15.9. The molecule has 19 N–H and O–H groups in total. The number of carbonyl (C=O) groups is 11. The number of nitrogens with one attached hydrogen (secondary N) is 11. The molecule has 106 heavy (non-hydrogen) atoms. The molecule has 0 bridgehead atoms. The number of fused-ring (bicyclic) bond motifs is 1. The van der Waals surface area contributed by atoms with Gasteiger partial charge in [0.15, 0.2) is 0 Å². The van der Waals surface area contributed by atoms with Gasteiger partial charge < -0.3 is 94.9 Å². The Kier molecular flexibility index (Phi) is 33.0. The van der Waals surface area contributed by atoms with Crippen LogP contribution in [-0.4, -0.2) is 212 Å². The summed E-state index contributed by atoms with van der Waals surface area (Å²) in [7, 11) is 3.18. The number of H-pyrrole nitrogens is 1. The van der Waals surface area contributed by atoms with Crippen molar-refractivity contribution in [2.75, 3.05) is 31.7 Å². The van der Waals surface area contributed by atoms with E-state index in [1.54, 1.807) is 115 Å². The quantitative estimate of drug-likeness (QED) is 0.0335. The van der Waals surface area contributed by atoms with E-state index in [-0.39, 0.29) is 62.6 Å². The van der Waals surface area contributed by atoms with Gasteiger partial charge in [-0.3, -0.25) is 47.9 Å². The van der Waals surface area contributed by atoms with Crippen molar-refractivity contribution in [1.82, 2.24) is 63.1 Å². The van der Waals surface area contributed by atoms with E-state index < -0.39 is 150 Å². The molecule has 5 aromatic carbocycles. The van der Waals surface area contributed by atoms with Crippen LogP contribution >= 0.6 is 21.6 Å². The Bertz CT molecular complexity index is 3920. The summed E-state index contributed by atoms with van der Waals surface area (Å²) in [5.74, 6) is -11.8. The number of likely N-dealkylation sites (N-methyl/N-ethyl adjacent to an activating group) is 1. The Hall–Kier alpha value is -9.73. The molecule has 1 fully saturated rings. The molecule has 0 unspecified atom stereocenters. The molecular formula is C75H98N14O15S2. The monoisotopic (exact) mass is 1500 g/mol. The maximum atomic E-state index is 15.9. The SMILES string of the molecule is CC(C)NCc1ccc(C[C@H]2C(=O)N[C@@H]([C@@H](C)O)C(=O)N[C@@H](Cc3ccccc3)C(=O)N[C@@H]([C@@H](C)O)C(=O)N[C@@H](CO)C(=O)N[C@H](C(=O)O)CSSC[C@H](N)C(=O)N[C@@H](CCCCN)C(=O)N[C@@H](Cc3ccccc3)C(=O)N[C@@H](Cc3ccccc3)C(=O)N[C@H](Cc3c[nH]c4ccccc34)C(=O)N2C)cc1. The fourth-order valence-electron chi connectivity index (χ4n) is 11.7. The summed E-state index contributed by atoms with van der Waals surface area (Å²) < 4.78 is 0. The number of carboxylic acid groups (broad SMARTS) is 1. The van der Waals surface area contributed by atoms with Crippen LogP contribution in [0.25, 0.3) is 10.9 Å². The molecule has 2 heterocycles. The van der Waals surface area contributed by atoms with Crippen molar-refractivity contribution in [2.24, 2.45) is 11.5 Å². The number of nitrogens with zero attached hydrogens (tertiary/aromatic N) is 1. The summed E-state index contributed by atoms with van der Waals surface area (Å²) in [6.45, 7) is 5.94. The fourth-order valence-corrected chi connectivity index (χ4v) is 14.0. The van der Waals surface area contributed by atoms with Crippen LogP contribution < -0.4 is 64.6 Å². The van der Waals surface area contributed by atoms with E-state index in [9.17, 15) is 54.0 Å². The Morgan fingerprint density at radius 2 is 0.934 bits per heavy atom. The first-order chi connectivity index (χ1) is 50.7. The van der Waals surface area contributed by atoms with E-state index in [0.717, 1.165) is 39.0 Å². The third-order valence-corrected chi connectivity index (χ3v) is 20.2. The number of hydrogen-bond donors (Lipinski definition) is 17. The first-order valence-electron chi connectivity index (χ1n) is 35.1. The van der Waals surface area contributed by atoms with Crippen LogP contribution in [0.1, 0.15) is 80.3 Å². The number of rotatable bonds is 21. The van der Waals surface area contributed by atoms with Crippen LogP contribution in [0.5, 0.6) is 0 Å². The fraction of sp³-hybridized carbons (Fsp3) is 0.427. The zero-order chi connectivity index (χ0) is 77.0. The number of carboxylic acids is 1. The van der Waals surface area contributed by atoms with Crippen molar-refractivity contribution in [3.63, 3.8) is 0 Å². The van der Waals surface area contributed by atoms with Gasteiger partial charge in [-0.25, -0.2) is 4.79 Å². The van der Waals surface area contributed by atoms with E-state index in [1.165, 1.54) is 14.0 Å². The van der Waals surface area contributed by atoms with E-state index in [1.807, 2.05) is 44.2 Å². The number of para-hydroxylation sites is 1. The van der Waals surface area contributed by atoms with Crippen LogP contribution in [0.2, 0.25) is 0 Å². The standard InChI is InChI=1S/C75H98N14O15S2/c1-43(2)78-38-50-30-28-49(29-31-50)36-62-71(99)88-64(45(4)92)72(100)83-58(35-48-23-13-8-14-24-48)69(97)87-63(44(3)91)73(101)85-60(40-90)70(98)86-61(75(103)104)42-106-105-41-53(77)65(93)80-55(27-17-18-32-76)66(94)81-56(33-46-19-9-6-10-20-46)67(95)82-57(34-47-21-11-7-12-22-47)68(96)84-59(74(102)89(62)5)37-51-39-79-54-26-16-15-25-52(51)54/h6-16,19-26,28-31,39,43-45,53,55-64,78-79,90-92H,17-18,27,32-38,40-42,76-77H2,1-5H3,(H,80,93)(H,81,94)(H,82,95)(H,83,100)(H,84,96)(H,85,101)(H,86,98)(H,87,97)(H,88,99)(H,103,104)/t44-,45-,53+,55+,56+,57+,58+,59-,60+,61+,62+,63+,64+/m1/s1. The van der Waals surface area contributed by atoms with Gasteiger partial charge in [-0.05, 0) is 79.1 Å². The molecule has 0 saturated carbocycles. The zero-order valence-electron chi connectivity index (χ0n) is 59.8. The average Bonchev–Trinajstić information content (AvgIpc) is 1.40. The molecule has 1 aromatic heterocycles. The summed E-state index contributed by atoms with van der Waals surface area (Å²) in [4.78, 5) is 165. The molecule has 31 heteroatoms. The average molecular weight is 1500 g/mol. The molecule has 6 aromatic rings. The number of nitrogens with two attached hydrogens (primary N) is 2. The Morgan fingerprint density at radius 3 is 1.44 bits per heavy atom. The molecular weight excluding hydrogens is 1400 g/mol. The highest BCUT2D eigenvalue weighted by Crippen LogP contribution is 2.25. The molecule has 1 aliphatic rings. The number of aliphatic carboxylic acids is 1. The van der Waals surface area contributed by atoms with E-state index >= 15 is 19.2 Å². The number of amides is 10. The van der Waals surface area contributed by atoms with E-state index in [0.29, 0.717) is 58.1 Å². The molecule has 0 radical (unpaired) electrons. The van der Waals surface area contributed by atoms with Crippen LogP contribution in [0.3, 0.4) is 0 Å². The lowest BCUT2D eigenvalue weighted by Crippen LogP contribution is -2.63. The summed E-state index contributed by atoms with van der Waals surface area (Å²) in [5.41, 5.74) is 16.6. The minimum Gasteiger partial charge on any atom is -0.480 e. The molecule has 1 saturated heterocycles. The summed E-state index contributed by atoms with van der Waals surface area (Å²) >= 11 is 0. The Labute approximate surface area is 623 Å². The molecule has 13 atom stereocenters. The van der Waals surface area contributed by atoms with Crippen LogP contribution in [0.4, 0.5) is 0 Å². The van der Waals surface area contributed by atoms with E-state index in [4.69, 9.17) is 11.5 Å². The molecule has 0 spiro atoms. The van der Waals surface area contributed by atoms with Gasteiger partial charge in [0.2, 0.25) is 59.1 Å². The number of hydrogen-bond acceptors (Lipinski definition) is 19. The molecule has 10 amide bonds. The summed E-state index contributed by atoms with van der Waals surface area (Å²) in [6.07, 6.45) is -1.96. The molecule has 29 nitrogen and oxygen atoms in total. The van der Waals surface area contributed by atoms with Crippen molar-refractivity contribution >= 4 is 97.5 Å². The number of aromatic amines is 1. The highest BCUT2D eigenvalue weighted by molar-refractivity contribution is 8.76. The van der Waals surface area contributed by atoms with Crippen molar-refractivity contribution < 1.29 is 73.2 Å². The topological polar surface area (TPSA) is 460 Å². The molecule has 1 aliphatic heterocycles. The smallest absolute Gasteiger partial charge is 0.327 e. The third kappa shape index (κ3) is 25.5. The zero-order valence-corrected chi connectivity index (χ0v) is 61.5. The third-order valence-electron chi connectivity index (χ3n) is 17.8. The van der Waals surface area contributed by atoms with Gasteiger partial charge in [0.05, 0.1) is 24.9 Å². The number of benzene rings is 5. The highest BCUT2D eigenvalue weighted by Gasteiger charge is 2.40.